The Morgan fingerprint density at radius 1 is 1.32 bits per heavy atom. The molecule has 128 valence electrons. The molecule has 0 saturated heterocycles. The number of halogens is 1. The zero-order valence-corrected chi connectivity index (χ0v) is 17.7. The number of aromatic nitrogens is 1. The average Bonchev–Trinajstić information content (AvgIpc) is 2.85. The second kappa shape index (κ2) is 11.2. The van der Waals surface area contributed by atoms with Crippen LogP contribution in [0.2, 0.25) is 0 Å². The number of aryl methyl sites for hydroxylation is 1. The average molecular weight is 438 g/mol. The Hall–Kier alpha value is -0.370. The Kier molecular flexibility index (Phi) is 11.0. The first-order valence-electron chi connectivity index (χ1n) is 7.82. The molecule has 0 aromatic carbocycles. The molecule has 0 atom stereocenters. The minimum atomic E-state index is 0. The molecule has 1 rings (SSSR count). The van der Waals surface area contributed by atoms with Crippen molar-refractivity contribution < 1.29 is 0 Å². The second-order valence-corrected chi connectivity index (χ2v) is 7.20. The molecule has 0 aliphatic rings. The fourth-order valence-corrected chi connectivity index (χ4v) is 2.86. The topological polar surface area (TPSA) is 49.3 Å². The number of guanidine groups is 1. The van der Waals surface area contributed by atoms with Crippen LogP contribution in [0.4, 0.5) is 0 Å². The van der Waals surface area contributed by atoms with Gasteiger partial charge >= 0.3 is 0 Å². The Morgan fingerprint density at radius 2 is 2.05 bits per heavy atom. The van der Waals surface area contributed by atoms with Gasteiger partial charge < -0.3 is 10.6 Å². The van der Waals surface area contributed by atoms with Gasteiger partial charge in [0, 0.05) is 18.5 Å². The predicted molar refractivity (Wildman–Crippen MR) is 108 cm³/mol. The lowest BCUT2D eigenvalue weighted by molar-refractivity contribution is 0.318. The van der Waals surface area contributed by atoms with Gasteiger partial charge in [0.25, 0.3) is 0 Å². The molecule has 22 heavy (non-hydrogen) atoms. The number of unbranched alkanes of at least 4 members (excludes halogenated alkanes) is 2. The van der Waals surface area contributed by atoms with Crippen LogP contribution in [0, 0.1) is 12.3 Å². The molecule has 0 radical (unpaired) electrons. The van der Waals surface area contributed by atoms with E-state index in [1.807, 2.05) is 19.5 Å². The van der Waals surface area contributed by atoms with E-state index in [1.165, 1.54) is 30.6 Å². The molecule has 1 aromatic rings. The third-order valence-electron chi connectivity index (χ3n) is 3.68. The summed E-state index contributed by atoms with van der Waals surface area (Å²) in [6.07, 6.45) is 5.15. The molecule has 0 amide bonds. The van der Waals surface area contributed by atoms with Crippen molar-refractivity contribution in [3.63, 3.8) is 0 Å². The standard InChI is InChI=1S/C16H30N4S.HI/c1-6-7-8-9-16(3,4)11-19-15(17-5)18-10-14-13(2)20-12-21-14;/h12H,6-11H2,1-5H3,(H2,17,18,19);1H. The van der Waals surface area contributed by atoms with Gasteiger partial charge in [-0.2, -0.15) is 0 Å². The van der Waals surface area contributed by atoms with Crippen LogP contribution in [-0.4, -0.2) is 24.5 Å². The number of nitrogens with zero attached hydrogens (tertiary/aromatic N) is 2. The summed E-state index contributed by atoms with van der Waals surface area (Å²) >= 11 is 1.68. The summed E-state index contributed by atoms with van der Waals surface area (Å²) < 4.78 is 0. The summed E-state index contributed by atoms with van der Waals surface area (Å²) in [5.41, 5.74) is 3.29. The van der Waals surface area contributed by atoms with E-state index in [1.54, 1.807) is 11.3 Å². The van der Waals surface area contributed by atoms with Crippen LogP contribution in [0.25, 0.3) is 0 Å². The van der Waals surface area contributed by atoms with Gasteiger partial charge in [-0.3, -0.25) is 4.99 Å². The summed E-state index contributed by atoms with van der Waals surface area (Å²) in [5.74, 6) is 0.867. The predicted octanol–water partition coefficient (Wildman–Crippen LogP) is 4.34. The van der Waals surface area contributed by atoms with Gasteiger partial charge in [0.15, 0.2) is 5.96 Å². The SMILES string of the molecule is CCCCCC(C)(C)CNC(=NC)NCc1scnc1C.I. The minimum Gasteiger partial charge on any atom is -0.356 e. The number of hydrogen-bond acceptors (Lipinski definition) is 3. The fourth-order valence-electron chi connectivity index (χ4n) is 2.15. The highest BCUT2D eigenvalue weighted by Crippen LogP contribution is 2.22. The van der Waals surface area contributed by atoms with Crippen LogP contribution in [0.15, 0.2) is 10.5 Å². The molecular weight excluding hydrogens is 407 g/mol. The molecule has 0 aliphatic heterocycles. The van der Waals surface area contributed by atoms with E-state index >= 15 is 0 Å². The van der Waals surface area contributed by atoms with Gasteiger partial charge in [0.1, 0.15) is 0 Å². The summed E-state index contributed by atoms with van der Waals surface area (Å²) in [7, 11) is 1.82. The van der Waals surface area contributed by atoms with E-state index in [0.717, 1.165) is 24.7 Å². The van der Waals surface area contributed by atoms with Crippen LogP contribution in [0.1, 0.15) is 57.0 Å². The molecule has 1 heterocycles. The van der Waals surface area contributed by atoms with Crippen molar-refractivity contribution >= 4 is 41.3 Å². The van der Waals surface area contributed by atoms with Gasteiger partial charge in [-0.1, -0.05) is 40.0 Å². The van der Waals surface area contributed by atoms with Crippen molar-refractivity contribution in [2.45, 2.75) is 59.9 Å². The highest BCUT2D eigenvalue weighted by molar-refractivity contribution is 14.0. The van der Waals surface area contributed by atoms with Gasteiger partial charge in [-0.25, -0.2) is 4.98 Å². The van der Waals surface area contributed by atoms with Crippen molar-refractivity contribution in [3.05, 3.63) is 16.1 Å². The molecule has 2 N–H and O–H groups in total. The lowest BCUT2D eigenvalue weighted by atomic mass is 9.87. The zero-order valence-electron chi connectivity index (χ0n) is 14.5. The smallest absolute Gasteiger partial charge is 0.191 e. The first-order chi connectivity index (χ1) is 9.98. The van der Waals surface area contributed by atoms with Gasteiger partial charge in [0.05, 0.1) is 17.7 Å². The molecule has 0 aliphatic carbocycles. The monoisotopic (exact) mass is 438 g/mol. The number of rotatable bonds is 8. The minimum absolute atomic E-state index is 0. The van der Waals surface area contributed by atoms with Crippen LogP contribution >= 0.6 is 35.3 Å². The second-order valence-electron chi connectivity index (χ2n) is 6.26. The molecule has 0 bridgehead atoms. The van der Waals surface area contributed by atoms with E-state index in [2.05, 4.69) is 41.4 Å². The zero-order chi connectivity index (χ0) is 15.7. The van der Waals surface area contributed by atoms with Crippen molar-refractivity contribution in [3.8, 4) is 0 Å². The van der Waals surface area contributed by atoms with Crippen molar-refractivity contribution in [2.24, 2.45) is 10.4 Å². The third-order valence-corrected chi connectivity index (χ3v) is 4.61. The first-order valence-corrected chi connectivity index (χ1v) is 8.70. The Bertz CT molecular complexity index is 443. The maximum atomic E-state index is 4.30. The highest BCUT2D eigenvalue weighted by atomic mass is 127. The molecule has 0 saturated carbocycles. The maximum Gasteiger partial charge on any atom is 0.191 e. The van der Waals surface area contributed by atoms with Gasteiger partial charge in [-0.05, 0) is 18.8 Å². The number of nitrogens with one attached hydrogen (secondary N) is 2. The van der Waals surface area contributed by atoms with E-state index in [4.69, 9.17) is 0 Å². The van der Waals surface area contributed by atoms with Crippen LogP contribution < -0.4 is 10.6 Å². The van der Waals surface area contributed by atoms with Crippen molar-refractivity contribution in [2.75, 3.05) is 13.6 Å². The molecule has 0 spiro atoms. The van der Waals surface area contributed by atoms with Crippen LogP contribution in [-0.2, 0) is 6.54 Å². The lowest BCUT2D eigenvalue weighted by Crippen LogP contribution is -2.41. The normalized spacial score (nSPS) is 12.0. The van der Waals surface area contributed by atoms with E-state index in [0.29, 0.717) is 5.41 Å². The molecule has 4 nitrogen and oxygen atoms in total. The Morgan fingerprint density at radius 3 is 2.59 bits per heavy atom. The quantitative estimate of drug-likeness (QED) is 0.275. The van der Waals surface area contributed by atoms with Crippen LogP contribution in [0.5, 0.6) is 0 Å². The van der Waals surface area contributed by atoms with Gasteiger partial charge in [0.2, 0.25) is 0 Å². The molecule has 0 fully saturated rings. The summed E-state index contributed by atoms with van der Waals surface area (Å²) in [5, 5.41) is 6.80. The summed E-state index contributed by atoms with van der Waals surface area (Å²) in [6.45, 7) is 10.6. The Balaban J connectivity index is 0.00000441. The molecule has 6 heteroatoms. The number of thiazole rings is 1. The molecule has 1 aromatic heterocycles. The Labute approximate surface area is 156 Å². The van der Waals surface area contributed by atoms with E-state index in [-0.39, 0.29) is 24.0 Å². The highest BCUT2D eigenvalue weighted by Gasteiger charge is 2.17. The summed E-state index contributed by atoms with van der Waals surface area (Å²) in [6, 6.07) is 0. The maximum absolute atomic E-state index is 4.30. The lowest BCUT2D eigenvalue weighted by Gasteiger charge is -2.26. The fraction of sp³-hybridized carbons (Fsp3) is 0.750. The number of hydrogen-bond donors (Lipinski definition) is 2. The largest absolute Gasteiger partial charge is 0.356 e. The van der Waals surface area contributed by atoms with Crippen molar-refractivity contribution in [1.29, 1.82) is 0 Å². The van der Waals surface area contributed by atoms with Crippen LogP contribution in [0.3, 0.4) is 0 Å². The van der Waals surface area contributed by atoms with E-state index in [9.17, 15) is 0 Å². The molecular formula is C16H31IN4S. The first kappa shape index (κ1) is 21.6. The molecule has 0 unspecified atom stereocenters. The summed E-state index contributed by atoms with van der Waals surface area (Å²) in [4.78, 5) is 9.83. The van der Waals surface area contributed by atoms with Gasteiger partial charge in [-0.15, -0.1) is 35.3 Å². The van der Waals surface area contributed by atoms with E-state index < -0.39 is 0 Å². The number of aliphatic imine (C=N–C) groups is 1. The third kappa shape index (κ3) is 8.31. The van der Waals surface area contributed by atoms with Crippen molar-refractivity contribution in [1.82, 2.24) is 15.6 Å².